The van der Waals surface area contributed by atoms with Gasteiger partial charge in [0.2, 0.25) is 5.50 Å². The van der Waals surface area contributed by atoms with Crippen molar-refractivity contribution in [1.29, 1.82) is 0 Å². The van der Waals surface area contributed by atoms with Crippen LogP contribution in [0.2, 0.25) is 0 Å². The molecule has 2 aromatic rings. The van der Waals surface area contributed by atoms with Crippen molar-refractivity contribution in [1.82, 2.24) is 0 Å². The molecule has 132 valence electrons. The van der Waals surface area contributed by atoms with Crippen LogP contribution in [0.3, 0.4) is 0 Å². The van der Waals surface area contributed by atoms with Crippen molar-refractivity contribution in [3.63, 3.8) is 0 Å². The van der Waals surface area contributed by atoms with E-state index in [1.54, 1.807) is 61.7 Å². The molecule has 0 aliphatic heterocycles. The van der Waals surface area contributed by atoms with Gasteiger partial charge in [0.15, 0.2) is 0 Å². The third-order valence-electron chi connectivity index (χ3n) is 3.36. The highest BCUT2D eigenvalue weighted by atomic mass is 31.2. The van der Waals surface area contributed by atoms with Gasteiger partial charge >= 0.3 is 13.6 Å². The molecule has 0 unspecified atom stereocenters. The van der Waals surface area contributed by atoms with E-state index in [1.165, 1.54) is 20.3 Å². The van der Waals surface area contributed by atoms with Crippen molar-refractivity contribution in [3.05, 3.63) is 71.2 Å². The lowest BCUT2D eigenvalue weighted by atomic mass is 10.2. The first-order chi connectivity index (χ1) is 12.0. The fourth-order valence-corrected chi connectivity index (χ4v) is 3.00. The molecule has 0 aliphatic carbocycles. The second-order valence-electron chi connectivity index (χ2n) is 4.87. The van der Waals surface area contributed by atoms with Gasteiger partial charge in [-0.25, -0.2) is 4.79 Å². The van der Waals surface area contributed by atoms with E-state index in [1.807, 2.05) is 0 Å². The van der Waals surface area contributed by atoms with E-state index in [0.717, 1.165) is 0 Å². The van der Waals surface area contributed by atoms with E-state index in [-0.39, 0.29) is 5.50 Å². The first kappa shape index (κ1) is 18.9. The molecule has 0 amide bonds. The van der Waals surface area contributed by atoms with Crippen LogP contribution < -0.4 is 4.74 Å². The zero-order chi connectivity index (χ0) is 18.3. The van der Waals surface area contributed by atoms with Crippen molar-refractivity contribution in [3.8, 4) is 5.75 Å². The lowest BCUT2D eigenvalue weighted by Gasteiger charge is -2.17. The molecule has 0 N–H and O–H groups in total. The number of hydrogen-bond donors (Lipinski definition) is 0. The van der Waals surface area contributed by atoms with Crippen molar-refractivity contribution in [2.45, 2.75) is 0 Å². The SMILES string of the molecule is COc1ccc(/C=C(/OC(=O)c2ccccc2)P(=O)(OC)OC)cc1. The van der Waals surface area contributed by atoms with Crippen LogP contribution in [0.1, 0.15) is 15.9 Å². The topological polar surface area (TPSA) is 71.1 Å². The van der Waals surface area contributed by atoms with Gasteiger partial charge in [-0.3, -0.25) is 4.57 Å². The predicted octanol–water partition coefficient (Wildman–Crippen LogP) is 4.34. The standard InChI is InChI=1S/C18H19O6P/c1-21-16-11-9-14(10-12-16)13-17(25(20,22-2)23-3)24-18(19)15-7-5-4-6-8-15/h4-13H,1-3H3/b17-13-. The lowest BCUT2D eigenvalue weighted by Crippen LogP contribution is -2.07. The molecule has 2 aromatic carbocycles. The van der Waals surface area contributed by atoms with Gasteiger partial charge in [0.05, 0.1) is 12.7 Å². The highest BCUT2D eigenvalue weighted by Gasteiger charge is 2.32. The van der Waals surface area contributed by atoms with E-state index in [9.17, 15) is 9.36 Å². The fraction of sp³-hybridized carbons (Fsp3) is 0.167. The van der Waals surface area contributed by atoms with Gasteiger partial charge in [-0.15, -0.1) is 0 Å². The maximum atomic E-state index is 12.7. The second kappa shape index (κ2) is 8.62. The summed E-state index contributed by atoms with van der Waals surface area (Å²) in [5.74, 6) is 0.0105. The van der Waals surface area contributed by atoms with Crippen LogP contribution in [0, 0.1) is 0 Å². The molecular formula is C18H19O6P. The monoisotopic (exact) mass is 362 g/mol. The van der Waals surface area contributed by atoms with Crippen LogP contribution in [0.5, 0.6) is 5.75 Å². The predicted molar refractivity (Wildman–Crippen MR) is 94.5 cm³/mol. The maximum Gasteiger partial charge on any atom is 0.395 e. The van der Waals surface area contributed by atoms with Crippen molar-refractivity contribution >= 4 is 19.6 Å². The molecule has 0 aromatic heterocycles. The molecule has 0 radical (unpaired) electrons. The molecule has 2 rings (SSSR count). The van der Waals surface area contributed by atoms with E-state index in [4.69, 9.17) is 18.5 Å². The number of carbonyl (C=O) groups excluding carboxylic acids is 1. The van der Waals surface area contributed by atoms with E-state index >= 15 is 0 Å². The number of hydrogen-bond acceptors (Lipinski definition) is 6. The number of benzene rings is 2. The van der Waals surface area contributed by atoms with Gasteiger partial charge in [-0.1, -0.05) is 30.3 Å². The molecule has 25 heavy (non-hydrogen) atoms. The number of methoxy groups -OCH3 is 1. The summed E-state index contributed by atoms with van der Waals surface area (Å²) < 4.78 is 33.1. The van der Waals surface area contributed by atoms with Crippen LogP contribution in [0.4, 0.5) is 0 Å². The molecule has 0 atom stereocenters. The Morgan fingerprint density at radius 3 is 2.04 bits per heavy atom. The summed E-state index contributed by atoms with van der Waals surface area (Å²) in [6, 6.07) is 15.3. The van der Waals surface area contributed by atoms with Crippen LogP contribution >= 0.6 is 7.60 Å². The quantitative estimate of drug-likeness (QED) is 0.415. The Labute approximate surface area is 146 Å². The van der Waals surface area contributed by atoms with E-state index in [0.29, 0.717) is 16.9 Å². The second-order valence-corrected chi connectivity index (χ2v) is 7.04. The molecule has 7 heteroatoms. The summed E-state index contributed by atoms with van der Waals surface area (Å²) in [4.78, 5) is 12.3. The molecule has 0 fully saturated rings. The molecule has 0 bridgehead atoms. The average Bonchev–Trinajstić information content (AvgIpc) is 2.68. The Kier molecular flexibility index (Phi) is 6.53. The number of ether oxygens (including phenoxy) is 2. The van der Waals surface area contributed by atoms with Gasteiger partial charge in [0.1, 0.15) is 5.75 Å². The van der Waals surface area contributed by atoms with Crippen LogP contribution in [-0.2, 0) is 18.3 Å². The molecule has 0 spiro atoms. The Balaban J connectivity index is 2.37. The smallest absolute Gasteiger partial charge is 0.395 e. The van der Waals surface area contributed by atoms with Crippen LogP contribution in [0.15, 0.2) is 60.1 Å². The fourth-order valence-electron chi connectivity index (χ4n) is 1.99. The van der Waals surface area contributed by atoms with Crippen molar-refractivity contribution in [2.75, 3.05) is 21.3 Å². The first-order valence-electron chi connectivity index (χ1n) is 7.37. The van der Waals surface area contributed by atoms with E-state index in [2.05, 4.69) is 0 Å². The Morgan fingerprint density at radius 1 is 0.920 bits per heavy atom. The van der Waals surface area contributed by atoms with Gasteiger partial charge in [-0.2, -0.15) is 0 Å². The summed E-state index contributed by atoms with van der Waals surface area (Å²) in [6.07, 6.45) is 1.44. The molecule has 0 saturated carbocycles. The van der Waals surface area contributed by atoms with Gasteiger partial charge in [-0.05, 0) is 35.9 Å². The summed E-state index contributed by atoms with van der Waals surface area (Å²) in [5.41, 5.74) is 0.768. The molecule has 0 heterocycles. The molecule has 0 aliphatic rings. The lowest BCUT2D eigenvalue weighted by molar-refractivity contribution is 0.0635. The van der Waals surface area contributed by atoms with Crippen molar-refractivity contribution in [2.24, 2.45) is 0 Å². The number of esters is 1. The summed E-state index contributed by atoms with van der Waals surface area (Å²) in [6.45, 7) is 0. The summed E-state index contributed by atoms with van der Waals surface area (Å²) >= 11 is 0. The highest BCUT2D eigenvalue weighted by Crippen LogP contribution is 2.55. The molecule has 0 saturated heterocycles. The largest absolute Gasteiger partial charge is 0.497 e. The normalized spacial score (nSPS) is 11.9. The number of carbonyl (C=O) groups is 1. The van der Waals surface area contributed by atoms with Gasteiger partial charge in [0, 0.05) is 14.2 Å². The minimum atomic E-state index is -3.76. The minimum Gasteiger partial charge on any atom is -0.497 e. The van der Waals surface area contributed by atoms with Crippen molar-refractivity contribution < 1.29 is 27.9 Å². The number of rotatable bonds is 7. The van der Waals surface area contributed by atoms with Crippen LogP contribution in [0.25, 0.3) is 6.08 Å². The van der Waals surface area contributed by atoms with Gasteiger partial charge in [0.25, 0.3) is 0 Å². The maximum absolute atomic E-state index is 12.7. The first-order valence-corrected chi connectivity index (χ1v) is 8.91. The highest BCUT2D eigenvalue weighted by molar-refractivity contribution is 7.58. The Morgan fingerprint density at radius 2 is 1.52 bits per heavy atom. The van der Waals surface area contributed by atoms with Gasteiger partial charge < -0.3 is 18.5 Å². The third-order valence-corrected chi connectivity index (χ3v) is 5.08. The average molecular weight is 362 g/mol. The third kappa shape index (κ3) is 4.79. The zero-order valence-corrected chi connectivity index (χ0v) is 15.1. The Hall–Kier alpha value is -2.40. The van der Waals surface area contributed by atoms with Crippen LogP contribution in [-0.4, -0.2) is 27.3 Å². The molecule has 6 nitrogen and oxygen atoms in total. The van der Waals surface area contributed by atoms with E-state index < -0.39 is 13.6 Å². The molecular weight excluding hydrogens is 343 g/mol. The minimum absolute atomic E-state index is 0.198. The zero-order valence-electron chi connectivity index (χ0n) is 14.2. The summed E-state index contributed by atoms with van der Waals surface area (Å²) in [5, 5.41) is 0. The Bertz CT molecular complexity index is 775. The summed E-state index contributed by atoms with van der Waals surface area (Å²) in [7, 11) is 0.244.